The van der Waals surface area contributed by atoms with Gasteiger partial charge < -0.3 is 15.4 Å². The van der Waals surface area contributed by atoms with E-state index in [-0.39, 0.29) is 0 Å². The molecule has 18 heavy (non-hydrogen) atoms. The van der Waals surface area contributed by atoms with Gasteiger partial charge in [-0.25, -0.2) is 0 Å². The highest BCUT2D eigenvalue weighted by Crippen LogP contribution is 2.14. The third-order valence-corrected chi connectivity index (χ3v) is 3.53. The van der Waals surface area contributed by atoms with E-state index in [2.05, 4.69) is 24.0 Å². The van der Waals surface area contributed by atoms with E-state index in [1.807, 2.05) is 12.1 Å². The zero-order valence-corrected chi connectivity index (χ0v) is 11.3. The monoisotopic (exact) mass is 248 g/mol. The molecule has 0 radical (unpaired) electrons. The topological polar surface area (TPSA) is 38.5 Å². The summed E-state index contributed by atoms with van der Waals surface area (Å²) in [6.45, 7) is 6.29. The van der Waals surface area contributed by atoms with Gasteiger partial charge in [-0.05, 0) is 50.4 Å². The predicted molar refractivity (Wildman–Crippen MR) is 75.6 cm³/mol. The van der Waals surface area contributed by atoms with Crippen molar-refractivity contribution in [3.63, 3.8) is 0 Å². The highest BCUT2D eigenvalue weighted by Gasteiger charge is 2.19. The summed E-state index contributed by atoms with van der Waals surface area (Å²) in [5, 5.41) is 0. The van der Waals surface area contributed by atoms with Crippen LogP contribution in [-0.4, -0.2) is 37.2 Å². The first-order valence-corrected chi connectivity index (χ1v) is 6.96. The van der Waals surface area contributed by atoms with Gasteiger partial charge in [0.2, 0.25) is 0 Å². The number of hydrogen-bond donors (Lipinski definition) is 1. The molecule has 1 atom stereocenters. The van der Waals surface area contributed by atoms with E-state index in [4.69, 9.17) is 10.5 Å². The van der Waals surface area contributed by atoms with Crippen molar-refractivity contribution in [3.05, 3.63) is 29.8 Å². The molecule has 1 aliphatic rings. The molecule has 0 aliphatic carbocycles. The SMILES string of the molecule is CCOC1CCCN(CCc2cccc(N)c2)C1. The van der Waals surface area contributed by atoms with Gasteiger partial charge in [-0.3, -0.25) is 0 Å². The Kier molecular flexibility index (Phi) is 5.02. The van der Waals surface area contributed by atoms with Crippen molar-refractivity contribution in [1.29, 1.82) is 0 Å². The van der Waals surface area contributed by atoms with Crippen molar-refractivity contribution in [2.24, 2.45) is 0 Å². The molecule has 1 fully saturated rings. The second kappa shape index (κ2) is 6.76. The average Bonchev–Trinajstić information content (AvgIpc) is 2.37. The average molecular weight is 248 g/mol. The minimum absolute atomic E-state index is 0.435. The Morgan fingerprint density at radius 1 is 1.44 bits per heavy atom. The van der Waals surface area contributed by atoms with Gasteiger partial charge in [0, 0.05) is 25.4 Å². The highest BCUT2D eigenvalue weighted by molar-refractivity contribution is 5.40. The molecule has 1 aromatic carbocycles. The van der Waals surface area contributed by atoms with Gasteiger partial charge in [-0.1, -0.05) is 12.1 Å². The van der Waals surface area contributed by atoms with E-state index >= 15 is 0 Å². The molecule has 0 saturated carbocycles. The maximum absolute atomic E-state index is 5.80. The van der Waals surface area contributed by atoms with Gasteiger partial charge in [0.15, 0.2) is 0 Å². The smallest absolute Gasteiger partial charge is 0.0702 e. The van der Waals surface area contributed by atoms with E-state index in [0.717, 1.165) is 31.8 Å². The lowest BCUT2D eigenvalue weighted by molar-refractivity contribution is 0.00632. The molecule has 0 amide bonds. The van der Waals surface area contributed by atoms with Crippen LogP contribution in [0.1, 0.15) is 25.3 Å². The Labute approximate surface area is 110 Å². The molecule has 3 heteroatoms. The van der Waals surface area contributed by atoms with Crippen LogP contribution in [0.5, 0.6) is 0 Å². The second-order valence-corrected chi connectivity index (χ2v) is 5.02. The zero-order valence-electron chi connectivity index (χ0n) is 11.3. The number of benzene rings is 1. The number of likely N-dealkylation sites (tertiary alicyclic amines) is 1. The summed E-state index contributed by atoms with van der Waals surface area (Å²) in [6, 6.07) is 8.20. The molecular formula is C15H24N2O. The van der Waals surface area contributed by atoms with Gasteiger partial charge in [-0.2, -0.15) is 0 Å². The molecule has 3 nitrogen and oxygen atoms in total. The minimum atomic E-state index is 0.435. The Bertz CT molecular complexity index is 365. The minimum Gasteiger partial charge on any atom is -0.399 e. The number of anilines is 1. The molecule has 1 unspecified atom stereocenters. The molecule has 0 bridgehead atoms. The van der Waals surface area contributed by atoms with Crippen LogP contribution in [0.4, 0.5) is 5.69 Å². The molecular weight excluding hydrogens is 224 g/mol. The summed E-state index contributed by atoms with van der Waals surface area (Å²) in [5.41, 5.74) is 7.98. The lowest BCUT2D eigenvalue weighted by atomic mass is 10.1. The lowest BCUT2D eigenvalue weighted by Gasteiger charge is -2.32. The summed E-state index contributed by atoms with van der Waals surface area (Å²) in [5.74, 6) is 0. The Hall–Kier alpha value is -1.06. The number of hydrogen-bond acceptors (Lipinski definition) is 3. The van der Waals surface area contributed by atoms with Gasteiger partial charge in [0.05, 0.1) is 6.10 Å². The molecule has 1 aliphatic heterocycles. The molecule has 100 valence electrons. The van der Waals surface area contributed by atoms with Crippen molar-refractivity contribution >= 4 is 5.69 Å². The van der Waals surface area contributed by atoms with E-state index in [0.29, 0.717) is 6.10 Å². The van der Waals surface area contributed by atoms with E-state index in [1.54, 1.807) is 0 Å². The fourth-order valence-electron chi connectivity index (χ4n) is 2.62. The van der Waals surface area contributed by atoms with Gasteiger partial charge in [0.1, 0.15) is 0 Å². The largest absolute Gasteiger partial charge is 0.399 e. The van der Waals surface area contributed by atoms with Crippen LogP contribution in [0, 0.1) is 0 Å². The van der Waals surface area contributed by atoms with Gasteiger partial charge in [-0.15, -0.1) is 0 Å². The summed E-state index contributed by atoms with van der Waals surface area (Å²) in [4.78, 5) is 2.51. The third-order valence-electron chi connectivity index (χ3n) is 3.53. The van der Waals surface area contributed by atoms with Crippen molar-refractivity contribution in [2.75, 3.05) is 32.0 Å². The summed E-state index contributed by atoms with van der Waals surface area (Å²) in [6.07, 6.45) is 3.97. The molecule has 1 saturated heterocycles. The Morgan fingerprint density at radius 3 is 3.11 bits per heavy atom. The van der Waals surface area contributed by atoms with Crippen LogP contribution in [-0.2, 0) is 11.2 Å². The van der Waals surface area contributed by atoms with Crippen LogP contribution >= 0.6 is 0 Å². The predicted octanol–water partition coefficient (Wildman–Crippen LogP) is 2.31. The second-order valence-electron chi connectivity index (χ2n) is 5.02. The zero-order chi connectivity index (χ0) is 12.8. The van der Waals surface area contributed by atoms with Crippen LogP contribution in [0.2, 0.25) is 0 Å². The fraction of sp³-hybridized carbons (Fsp3) is 0.600. The van der Waals surface area contributed by atoms with E-state index < -0.39 is 0 Å². The summed E-state index contributed by atoms with van der Waals surface area (Å²) in [7, 11) is 0. The van der Waals surface area contributed by atoms with Crippen molar-refractivity contribution in [1.82, 2.24) is 4.90 Å². The summed E-state index contributed by atoms with van der Waals surface area (Å²) < 4.78 is 5.72. The van der Waals surface area contributed by atoms with Crippen LogP contribution < -0.4 is 5.73 Å². The van der Waals surface area contributed by atoms with E-state index in [9.17, 15) is 0 Å². The van der Waals surface area contributed by atoms with Crippen molar-refractivity contribution in [3.8, 4) is 0 Å². The number of rotatable bonds is 5. The Morgan fingerprint density at radius 2 is 2.33 bits per heavy atom. The first-order valence-electron chi connectivity index (χ1n) is 6.96. The van der Waals surface area contributed by atoms with Crippen molar-refractivity contribution < 1.29 is 4.74 Å². The number of nitrogens with two attached hydrogens (primary N) is 1. The maximum Gasteiger partial charge on any atom is 0.0702 e. The Balaban J connectivity index is 1.79. The lowest BCUT2D eigenvalue weighted by Crippen LogP contribution is -2.40. The molecule has 0 spiro atoms. The number of piperidine rings is 1. The van der Waals surface area contributed by atoms with Crippen LogP contribution in [0.25, 0.3) is 0 Å². The molecule has 0 aromatic heterocycles. The molecule has 2 rings (SSSR count). The van der Waals surface area contributed by atoms with E-state index in [1.165, 1.54) is 24.9 Å². The third kappa shape index (κ3) is 4.00. The maximum atomic E-state index is 5.80. The summed E-state index contributed by atoms with van der Waals surface area (Å²) >= 11 is 0. The molecule has 1 heterocycles. The number of nitrogen functional groups attached to an aromatic ring is 1. The van der Waals surface area contributed by atoms with Crippen molar-refractivity contribution in [2.45, 2.75) is 32.3 Å². The first kappa shape index (κ1) is 13.4. The van der Waals surface area contributed by atoms with Gasteiger partial charge in [0.25, 0.3) is 0 Å². The highest BCUT2D eigenvalue weighted by atomic mass is 16.5. The standard InChI is InChI=1S/C15H24N2O/c1-2-18-15-7-4-9-17(12-15)10-8-13-5-3-6-14(16)11-13/h3,5-6,11,15H,2,4,7-10,12,16H2,1H3. The quantitative estimate of drug-likeness (QED) is 0.813. The normalized spacial score (nSPS) is 21.1. The number of ether oxygens (including phenoxy) is 1. The first-order chi connectivity index (χ1) is 8.78. The number of nitrogens with zero attached hydrogens (tertiary/aromatic N) is 1. The van der Waals surface area contributed by atoms with Crippen LogP contribution in [0.15, 0.2) is 24.3 Å². The fourth-order valence-corrected chi connectivity index (χ4v) is 2.62. The van der Waals surface area contributed by atoms with Gasteiger partial charge >= 0.3 is 0 Å². The molecule has 1 aromatic rings. The van der Waals surface area contributed by atoms with Crippen LogP contribution in [0.3, 0.4) is 0 Å². The molecule has 2 N–H and O–H groups in total.